The van der Waals surface area contributed by atoms with E-state index in [-0.39, 0.29) is 6.10 Å². The molecule has 1 heterocycles. The van der Waals surface area contributed by atoms with Gasteiger partial charge in [0.2, 0.25) is 0 Å². The molecule has 0 saturated carbocycles. The van der Waals surface area contributed by atoms with E-state index in [0.29, 0.717) is 17.2 Å². The Morgan fingerprint density at radius 1 is 1.59 bits per heavy atom. The minimum Gasteiger partial charge on any atom is -0.375 e. The molecule has 1 aliphatic rings. The van der Waals surface area contributed by atoms with Crippen LogP contribution in [0.25, 0.3) is 0 Å². The number of anilines is 1. The fraction of sp³-hybridized carbons (Fsp3) is 0.462. The van der Waals surface area contributed by atoms with Crippen molar-refractivity contribution in [2.24, 2.45) is 0 Å². The van der Waals surface area contributed by atoms with Crippen LogP contribution in [0.15, 0.2) is 18.2 Å². The van der Waals surface area contributed by atoms with Gasteiger partial charge in [-0.15, -0.1) is 0 Å². The highest BCUT2D eigenvalue weighted by Gasteiger charge is 2.20. The normalized spacial score (nSPS) is 20.4. The van der Waals surface area contributed by atoms with Gasteiger partial charge in [-0.05, 0) is 24.6 Å². The van der Waals surface area contributed by atoms with Crippen molar-refractivity contribution in [1.82, 2.24) is 0 Å². The first-order valence-electron chi connectivity index (χ1n) is 5.86. The molecule has 1 fully saturated rings. The monoisotopic (exact) mass is 253 g/mol. The van der Waals surface area contributed by atoms with E-state index in [1.807, 2.05) is 12.1 Å². The fourth-order valence-electron chi connectivity index (χ4n) is 2.09. The maximum atomic E-state index is 11.1. The van der Waals surface area contributed by atoms with Crippen molar-refractivity contribution in [1.29, 1.82) is 0 Å². The van der Waals surface area contributed by atoms with Crippen LogP contribution in [0.5, 0.6) is 0 Å². The third-order valence-electron chi connectivity index (χ3n) is 3.05. The Balaban J connectivity index is 2.23. The lowest BCUT2D eigenvalue weighted by molar-refractivity contribution is 0.0384. The second-order valence-electron chi connectivity index (χ2n) is 4.17. The number of aldehydes is 1. The van der Waals surface area contributed by atoms with E-state index >= 15 is 0 Å². The van der Waals surface area contributed by atoms with Gasteiger partial charge >= 0.3 is 0 Å². The quantitative estimate of drug-likeness (QED) is 0.776. The molecule has 1 aromatic carbocycles. The van der Waals surface area contributed by atoms with Gasteiger partial charge in [0, 0.05) is 29.4 Å². The lowest BCUT2D eigenvalue weighted by Gasteiger charge is -2.34. The zero-order valence-corrected chi connectivity index (χ0v) is 10.6. The Labute approximate surface area is 106 Å². The van der Waals surface area contributed by atoms with E-state index in [9.17, 15) is 4.79 Å². The van der Waals surface area contributed by atoms with E-state index in [4.69, 9.17) is 16.3 Å². The average Bonchev–Trinajstić information content (AvgIpc) is 2.38. The maximum Gasteiger partial charge on any atom is 0.152 e. The molecule has 92 valence electrons. The molecule has 0 aromatic heterocycles. The molecule has 0 aliphatic carbocycles. The number of carbonyl (C=O) groups excluding carboxylic acids is 1. The van der Waals surface area contributed by atoms with Crippen LogP contribution in [0.2, 0.25) is 5.02 Å². The maximum absolute atomic E-state index is 11.1. The summed E-state index contributed by atoms with van der Waals surface area (Å²) in [6, 6.07) is 5.44. The highest BCUT2D eigenvalue weighted by molar-refractivity contribution is 6.31. The molecule has 0 radical (unpaired) electrons. The van der Waals surface area contributed by atoms with Crippen LogP contribution >= 0.6 is 11.6 Å². The van der Waals surface area contributed by atoms with E-state index < -0.39 is 0 Å². The summed E-state index contributed by atoms with van der Waals surface area (Å²) in [6.07, 6.45) is 2.09. The summed E-state index contributed by atoms with van der Waals surface area (Å²) in [4.78, 5) is 13.2. The number of carbonyl (C=O) groups is 1. The molecule has 1 saturated heterocycles. The van der Waals surface area contributed by atoms with Crippen LogP contribution in [-0.4, -0.2) is 32.1 Å². The number of nitrogens with zero attached hydrogens (tertiary/aromatic N) is 1. The average molecular weight is 254 g/mol. The molecule has 0 N–H and O–H groups in total. The molecular formula is C13H16ClNO2. The predicted molar refractivity (Wildman–Crippen MR) is 69.1 cm³/mol. The summed E-state index contributed by atoms with van der Waals surface area (Å²) in [5.74, 6) is 0. The molecular weight excluding hydrogens is 238 g/mol. The standard InChI is InChI=1S/C13H16ClNO2/c1-2-12-8-15(5-6-17-12)13-4-3-11(14)7-10(13)9-16/h3-4,7,9,12H,2,5-6,8H2,1H3. The van der Waals surface area contributed by atoms with Gasteiger partial charge in [-0.2, -0.15) is 0 Å². The molecule has 0 bridgehead atoms. The molecule has 1 atom stereocenters. The van der Waals surface area contributed by atoms with E-state index in [2.05, 4.69) is 11.8 Å². The van der Waals surface area contributed by atoms with Crippen LogP contribution in [0.4, 0.5) is 5.69 Å². The number of halogens is 1. The number of morpholine rings is 1. The molecule has 0 spiro atoms. The minimum atomic E-state index is 0.249. The lowest BCUT2D eigenvalue weighted by Crippen LogP contribution is -2.42. The van der Waals surface area contributed by atoms with Crippen molar-refractivity contribution in [3.8, 4) is 0 Å². The third-order valence-corrected chi connectivity index (χ3v) is 3.29. The SMILES string of the molecule is CCC1CN(c2ccc(Cl)cc2C=O)CCO1. The first-order chi connectivity index (χ1) is 8.24. The highest BCUT2D eigenvalue weighted by atomic mass is 35.5. The number of benzene rings is 1. The largest absolute Gasteiger partial charge is 0.375 e. The summed E-state index contributed by atoms with van der Waals surface area (Å²) in [7, 11) is 0. The molecule has 1 aromatic rings. The zero-order valence-electron chi connectivity index (χ0n) is 9.86. The van der Waals surface area contributed by atoms with Gasteiger partial charge in [-0.3, -0.25) is 4.79 Å². The molecule has 1 aliphatic heterocycles. The second kappa shape index (κ2) is 5.52. The van der Waals surface area contributed by atoms with Crippen molar-refractivity contribution < 1.29 is 9.53 Å². The van der Waals surface area contributed by atoms with Gasteiger partial charge in [0.1, 0.15) is 0 Å². The zero-order chi connectivity index (χ0) is 12.3. The Kier molecular flexibility index (Phi) is 4.02. The van der Waals surface area contributed by atoms with Crippen LogP contribution in [0.1, 0.15) is 23.7 Å². The van der Waals surface area contributed by atoms with Crippen molar-refractivity contribution >= 4 is 23.6 Å². The third kappa shape index (κ3) is 2.79. The molecule has 1 unspecified atom stereocenters. The van der Waals surface area contributed by atoms with Crippen molar-refractivity contribution in [2.75, 3.05) is 24.6 Å². The molecule has 2 rings (SSSR count). The second-order valence-corrected chi connectivity index (χ2v) is 4.60. The summed E-state index contributed by atoms with van der Waals surface area (Å²) >= 11 is 5.89. The molecule has 0 amide bonds. The van der Waals surface area contributed by atoms with Gasteiger partial charge in [0.25, 0.3) is 0 Å². The fourth-order valence-corrected chi connectivity index (χ4v) is 2.27. The van der Waals surface area contributed by atoms with Crippen molar-refractivity contribution in [3.63, 3.8) is 0 Å². The van der Waals surface area contributed by atoms with Crippen LogP contribution in [0.3, 0.4) is 0 Å². The van der Waals surface area contributed by atoms with Crippen LogP contribution < -0.4 is 4.90 Å². The predicted octanol–water partition coefficient (Wildman–Crippen LogP) is 2.77. The summed E-state index contributed by atoms with van der Waals surface area (Å²) in [5, 5.41) is 0.594. The first-order valence-corrected chi connectivity index (χ1v) is 6.23. The number of ether oxygens (including phenoxy) is 1. The number of hydrogen-bond donors (Lipinski definition) is 0. The Morgan fingerprint density at radius 2 is 2.41 bits per heavy atom. The Bertz CT molecular complexity index is 408. The highest BCUT2D eigenvalue weighted by Crippen LogP contribution is 2.25. The lowest BCUT2D eigenvalue weighted by atomic mass is 10.1. The number of hydrogen-bond acceptors (Lipinski definition) is 3. The smallest absolute Gasteiger partial charge is 0.152 e. The topological polar surface area (TPSA) is 29.5 Å². The summed E-state index contributed by atoms with van der Waals surface area (Å²) in [6.45, 7) is 4.47. The molecule has 4 heteroatoms. The Morgan fingerprint density at radius 3 is 3.12 bits per heavy atom. The van der Waals surface area contributed by atoms with E-state index in [1.165, 1.54) is 0 Å². The van der Waals surface area contributed by atoms with Crippen molar-refractivity contribution in [2.45, 2.75) is 19.4 Å². The van der Waals surface area contributed by atoms with E-state index in [1.54, 1.807) is 6.07 Å². The van der Waals surface area contributed by atoms with Gasteiger partial charge in [0.15, 0.2) is 6.29 Å². The van der Waals surface area contributed by atoms with Gasteiger partial charge in [0.05, 0.1) is 12.7 Å². The summed E-state index contributed by atoms with van der Waals surface area (Å²) < 4.78 is 5.62. The van der Waals surface area contributed by atoms with Crippen LogP contribution in [0, 0.1) is 0 Å². The van der Waals surface area contributed by atoms with Gasteiger partial charge in [-0.25, -0.2) is 0 Å². The van der Waals surface area contributed by atoms with Gasteiger partial charge in [-0.1, -0.05) is 18.5 Å². The first kappa shape index (κ1) is 12.4. The van der Waals surface area contributed by atoms with Gasteiger partial charge < -0.3 is 9.64 Å². The van der Waals surface area contributed by atoms with E-state index in [0.717, 1.165) is 31.5 Å². The minimum absolute atomic E-state index is 0.249. The Hall–Kier alpha value is -1.06. The van der Waals surface area contributed by atoms with Crippen LogP contribution in [-0.2, 0) is 4.74 Å². The molecule has 17 heavy (non-hydrogen) atoms. The number of rotatable bonds is 3. The van der Waals surface area contributed by atoms with Crippen molar-refractivity contribution in [3.05, 3.63) is 28.8 Å². The molecule has 3 nitrogen and oxygen atoms in total. The summed E-state index contributed by atoms with van der Waals surface area (Å²) in [5.41, 5.74) is 1.60.